The molecule has 0 saturated carbocycles. The summed E-state index contributed by atoms with van der Waals surface area (Å²) in [6, 6.07) is 13.0. The standard InChI is InChI=1S/C21H22N2O2/c1-3-25-21(24)23-14(2)22-19-12-15-4-5-16-7-9-18(20(23)13-16)11-10-17(19)8-6-15/h6-9,12-13H,3-5,10-11H2,1-2H3. The van der Waals surface area contributed by atoms with Crippen LogP contribution in [0.3, 0.4) is 0 Å². The Morgan fingerprint density at radius 2 is 1.72 bits per heavy atom. The monoisotopic (exact) mass is 334 g/mol. The topological polar surface area (TPSA) is 41.9 Å². The smallest absolute Gasteiger partial charge is 0.419 e. The zero-order chi connectivity index (χ0) is 17.4. The molecule has 1 amide bonds. The Morgan fingerprint density at radius 1 is 1.04 bits per heavy atom. The molecule has 0 atom stereocenters. The van der Waals surface area contributed by atoms with Crippen molar-refractivity contribution < 1.29 is 9.53 Å². The number of anilines is 1. The fourth-order valence-corrected chi connectivity index (χ4v) is 3.64. The van der Waals surface area contributed by atoms with E-state index >= 15 is 0 Å². The van der Waals surface area contributed by atoms with Gasteiger partial charge in [0.15, 0.2) is 0 Å². The van der Waals surface area contributed by atoms with Crippen molar-refractivity contribution in [3.05, 3.63) is 58.7 Å². The van der Waals surface area contributed by atoms with E-state index in [0.29, 0.717) is 12.4 Å². The van der Waals surface area contributed by atoms with Gasteiger partial charge in [-0.2, -0.15) is 0 Å². The van der Waals surface area contributed by atoms with Crippen molar-refractivity contribution in [3.63, 3.8) is 0 Å². The molecule has 4 bridgehead atoms. The quantitative estimate of drug-likeness (QED) is 0.765. The number of aliphatic imine (C=N–C) groups is 1. The molecular formula is C21H22N2O2. The number of hydrogen-bond donors (Lipinski definition) is 0. The van der Waals surface area contributed by atoms with Crippen LogP contribution in [0.15, 0.2) is 41.4 Å². The minimum Gasteiger partial charge on any atom is -0.449 e. The minimum absolute atomic E-state index is 0.346. The molecule has 4 rings (SSSR count). The van der Waals surface area contributed by atoms with Gasteiger partial charge in [0, 0.05) is 0 Å². The van der Waals surface area contributed by atoms with E-state index in [0.717, 1.165) is 42.6 Å². The van der Waals surface area contributed by atoms with Crippen LogP contribution < -0.4 is 4.90 Å². The molecule has 0 aliphatic carbocycles. The average Bonchev–Trinajstić information content (AvgIpc) is 2.62. The van der Waals surface area contributed by atoms with Crippen molar-refractivity contribution in [1.82, 2.24) is 0 Å². The van der Waals surface area contributed by atoms with Crippen LogP contribution in [0, 0.1) is 0 Å². The fourth-order valence-electron chi connectivity index (χ4n) is 3.64. The third-order valence-corrected chi connectivity index (χ3v) is 4.96. The summed E-state index contributed by atoms with van der Waals surface area (Å²) < 4.78 is 5.33. The molecule has 0 N–H and O–H groups in total. The van der Waals surface area contributed by atoms with E-state index in [-0.39, 0.29) is 6.09 Å². The summed E-state index contributed by atoms with van der Waals surface area (Å²) >= 11 is 0. The van der Waals surface area contributed by atoms with Gasteiger partial charge in [-0.25, -0.2) is 14.7 Å². The molecule has 2 aromatic rings. The van der Waals surface area contributed by atoms with Gasteiger partial charge in [0.2, 0.25) is 0 Å². The number of fused-ring (bicyclic) bond motifs is 3. The predicted molar refractivity (Wildman–Crippen MR) is 100.0 cm³/mol. The molecule has 0 aromatic heterocycles. The zero-order valence-corrected chi connectivity index (χ0v) is 14.7. The molecule has 0 spiro atoms. The molecular weight excluding hydrogens is 312 g/mol. The van der Waals surface area contributed by atoms with Crippen molar-refractivity contribution in [3.8, 4) is 0 Å². The van der Waals surface area contributed by atoms with E-state index in [1.165, 1.54) is 16.7 Å². The third-order valence-electron chi connectivity index (χ3n) is 4.96. The van der Waals surface area contributed by atoms with Crippen LogP contribution in [-0.2, 0) is 30.4 Å². The van der Waals surface area contributed by atoms with E-state index in [2.05, 4.69) is 36.4 Å². The fraction of sp³-hybridized carbons (Fsp3) is 0.333. The largest absolute Gasteiger partial charge is 0.449 e. The lowest BCUT2D eigenvalue weighted by atomic mass is 9.94. The predicted octanol–water partition coefficient (Wildman–Crippen LogP) is 4.60. The molecule has 0 fully saturated rings. The maximum Gasteiger partial charge on any atom is 0.419 e. The number of carbonyl (C=O) groups excluding carboxylic acids is 1. The Bertz CT molecular complexity index is 870. The zero-order valence-electron chi connectivity index (χ0n) is 14.7. The Morgan fingerprint density at radius 3 is 2.48 bits per heavy atom. The maximum absolute atomic E-state index is 12.7. The van der Waals surface area contributed by atoms with Crippen molar-refractivity contribution in [2.45, 2.75) is 39.5 Å². The van der Waals surface area contributed by atoms with E-state index < -0.39 is 0 Å². The SMILES string of the molecule is CCOC(=O)N1C(C)=Nc2cc3ccc2CCc2ccc(cc21)CC3. The number of amides is 1. The van der Waals surface area contributed by atoms with Crippen LogP contribution in [0.5, 0.6) is 0 Å². The normalized spacial score (nSPS) is 15.4. The number of nitrogens with zero attached hydrogens (tertiary/aromatic N) is 2. The number of rotatable bonds is 1. The van der Waals surface area contributed by atoms with Crippen LogP contribution in [-0.4, -0.2) is 18.5 Å². The average molecular weight is 334 g/mol. The molecule has 25 heavy (non-hydrogen) atoms. The summed E-state index contributed by atoms with van der Waals surface area (Å²) in [4.78, 5) is 19.1. The van der Waals surface area contributed by atoms with Crippen molar-refractivity contribution >= 4 is 23.3 Å². The van der Waals surface area contributed by atoms with Gasteiger partial charge < -0.3 is 4.74 Å². The molecule has 0 radical (unpaired) electrons. The Labute approximate surface area is 148 Å². The van der Waals surface area contributed by atoms with Crippen molar-refractivity contribution in [2.75, 3.05) is 11.5 Å². The van der Waals surface area contributed by atoms with Gasteiger partial charge in [-0.05, 0) is 73.9 Å². The van der Waals surface area contributed by atoms with Gasteiger partial charge in [-0.3, -0.25) is 0 Å². The summed E-state index contributed by atoms with van der Waals surface area (Å²) in [5, 5.41) is 0. The summed E-state index contributed by atoms with van der Waals surface area (Å²) in [5.41, 5.74) is 6.77. The molecule has 128 valence electrons. The van der Waals surface area contributed by atoms with Gasteiger partial charge in [0.25, 0.3) is 0 Å². The van der Waals surface area contributed by atoms with E-state index in [9.17, 15) is 4.79 Å². The van der Waals surface area contributed by atoms with Crippen molar-refractivity contribution in [2.24, 2.45) is 4.99 Å². The third kappa shape index (κ3) is 2.93. The van der Waals surface area contributed by atoms with Crippen molar-refractivity contribution in [1.29, 1.82) is 0 Å². The van der Waals surface area contributed by atoms with Gasteiger partial charge in [0.05, 0.1) is 18.0 Å². The first kappa shape index (κ1) is 15.9. The summed E-state index contributed by atoms with van der Waals surface area (Å²) in [5.74, 6) is 0.652. The van der Waals surface area contributed by atoms with Crippen LogP contribution in [0.2, 0.25) is 0 Å². The first-order valence-electron chi connectivity index (χ1n) is 8.91. The molecule has 2 heterocycles. The van der Waals surface area contributed by atoms with Crippen LogP contribution in [0.1, 0.15) is 36.1 Å². The highest BCUT2D eigenvalue weighted by atomic mass is 16.6. The number of benzene rings is 2. The van der Waals surface area contributed by atoms with Gasteiger partial charge in [0.1, 0.15) is 5.84 Å². The second-order valence-electron chi connectivity index (χ2n) is 6.62. The van der Waals surface area contributed by atoms with Crippen LogP contribution >= 0.6 is 0 Å². The lowest BCUT2D eigenvalue weighted by Crippen LogP contribution is -2.36. The molecule has 4 heteroatoms. The Hall–Kier alpha value is -2.62. The summed E-state index contributed by atoms with van der Waals surface area (Å²) in [7, 11) is 0. The first-order chi connectivity index (χ1) is 12.2. The Balaban J connectivity index is 1.98. The van der Waals surface area contributed by atoms with E-state index in [1.807, 2.05) is 13.8 Å². The molecule has 2 aliphatic rings. The first-order valence-corrected chi connectivity index (χ1v) is 8.91. The number of aryl methyl sites for hydroxylation is 4. The van der Waals surface area contributed by atoms with Crippen LogP contribution in [0.25, 0.3) is 0 Å². The summed E-state index contributed by atoms with van der Waals surface area (Å²) in [6.45, 7) is 4.05. The molecule has 2 aromatic carbocycles. The van der Waals surface area contributed by atoms with Gasteiger partial charge in [-0.15, -0.1) is 0 Å². The van der Waals surface area contributed by atoms with Gasteiger partial charge >= 0.3 is 6.09 Å². The lowest BCUT2D eigenvalue weighted by Gasteiger charge is -2.24. The number of hydrogen-bond acceptors (Lipinski definition) is 3. The van der Waals surface area contributed by atoms with Gasteiger partial charge in [-0.1, -0.05) is 24.3 Å². The molecule has 0 saturated heterocycles. The molecule has 0 unspecified atom stereocenters. The van der Waals surface area contributed by atoms with Crippen LogP contribution in [0.4, 0.5) is 16.2 Å². The molecule has 2 aliphatic heterocycles. The Kier molecular flexibility index (Phi) is 4.04. The van der Waals surface area contributed by atoms with E-state index in [1.54, 1.807) is 4.90 Å². The number of carbonyl (C=O) groups is 1. The number of amidine groups is 1. The maximum atomic E-state index is 12.7. The summed E-state index contributed by atoms with van der Waals surface area (Å²) in [6.07, 6.45) is 3.35. The lowest BCUT2D eigenvalue weighted by molar-refractivity contribution is 0.163. The van der Waals surface area contributed by atoms with E-state index in [4.69, 9.17) is 9.73 Å². The second kappa shape index (κ2) is 6.36. The number of ether oxygens (including phenoxy) is 1. The highest BCUT2D eigenvalue weighted by molar-refractivity contribution is 6.15. The second-order valence-corrected chi connectivity index (χ2v) is 6.62. The highest BCUT2D eigenvalue weighted by Crippen LogP contribution is 2.32. The highest BCUT2D eigenvalue weighted by Gasteiger charge is 2.25. The minimum atomic E-state index is -0.360. The molecule has 4 nitrogen and oxygen atoms in total.